The molecule has 0 radical (unpaired) electrons. The quantitative estimate of drug-likeness (QED) is 0.743. The number of sulfonamides is 1. The highest BCUT2D eigenvalue weighted by Crippen LogP contribution is 2.21. The fraction of sp³-hybridized carbons (Fsp3) is 0.350. The molecule has 0 spiro atoms. The zero-order chi connectivity index (χ0) is 20.3. The van der Waals surface area contributed by atoms with E-state index in [1.54, 1.807) is 47.4 Å². The molecule has 0 atom stereocenters. The lowest BCUT2D eigenvalue weighted by molar-refractivity contribution is -0.134. The number of hydrogen-bond donors (Lipinski definition) is 0. The average molecular weight is 423 g/mol. The molecular weight excluding hydrogens is 400 g/mol. The number of hydrogen-bond acceptors (Lipinski definition) is 4. The third-order valence-corrected chi connectivity index (χ3v) is 7.08. The van der Waals surface area contributed by atoms with Crippen molar-refractivity contribution in [2.24, 2.45) is 0 Å². The van der Waals surface area contributed by atoms with E-state index in [1.165, 1.54) is 4.31 Å². The Morgan fingerprint density at radius 2 is 1.68 bits per heavy atom. The number of carbonyl (C=O) groups excluding carboxylic acids is 1. The summed E-state index contributed by atoms with van der Waals surface area (Å²) in [5.74, 6) is 0.413. The molecule has 1 heterocycles. The Morgan fingerprint density at radius 1 is 1.04 bits per heavy atom. The number of rotatable bonds is 5. The van der Waals surface area contributed by atoms with Crippen molar-refractivity contribution in [3.63, 3.8) is 0 Å². The second-order valence-corrected chi connectivity index (χ2v) is 9.14. The first-order chi connectivity index (χ1) is 13.3. The molecule has 150 valence electrons. The number of piperazine rings is 1. The van der Waals surface area contributed by atoms with Crippen LogP contribution in [-0.2, 0) is 14.8 Å². The van der Waals surface area contributed by atoms with Gasteiger partial charge >= 0.3 is 0 Å². The van der Waals surface area contributed by atoms with E-state index in [-0.39, 0.29) is 30.5 Å². The van der Waals surface area contributed by atoms with Crippen LogP contribution in [0.4, 0.5) is 0 Å². The zero-order valence-electron chi connectivity index (χ0n) is 15.9. The van der Waals surface area contributed by atoms with Crippen molar-refractivity contribution >= 4 is 27.5 Å². The first-order valence-electron chi connectivity index (χ1n) is 9.01. The van der Waals surface area contributed by atoms with Gasteiger partial charge in [0.1, 0.15) is 5.75 Å². The molecule has 8 heteroatoms. The van der Waals surface area contributed by atoms with Gasteiger partial charge in [-0.05, 0) is 49.7 Å². The minimum Gasteiger partial charge on any atom is -0.484 e. The second-order valence-electron chi connectivity index (χ2n) is 6.80. The number of carbonyl (C=O) groups is 1. The van der Waals surface area contributed by atoms with Crippen molar-refractivity contribution < 1.29 is 17.9 Å². The maximum absolute atomic E-state index is 12.7. The van der Waals surface area contributed by atoms with Crippen LogP contribution in [0.1, 0.15) is 11.1 Å². The van der Waals surface area contributed by atoms with Gasteiger partial charge in [-0.15, -0.1) is 0 Å². The van der Waals surface area contributed by atoms with Crippen LogP contribution in [0.3, 0.4) is 0 Å². The summed E-state index contributed by atoms with van der Waals surface area (Å²) in [5.41, 5.74) is 1.88. The van der Waals surface area contributed by atoms with Crippen LogP contribution in [-0.4, -0.2) is 56.3 Å². The third kappa shape index (κ3) is 4.66. The lowest BCUT2D eigenvalue weighted by atomic mass is 10.2. The SMILES string of the molecule is Cc1ccc(S(=O)(=O)N2CCN(C(=O)COc3ccc(Cl)c(C)c3)CC2)cc1. The van der Waals surface area contributed by atoms with Crippen LogP contribution >= 0.6 is 11.6 Å². The van der Waals surface area contributed by atoms with Crippen molar-refractivity contribution in [1.29, 1.82) is 0 Å². The molecule has 0 N–H and O–H groups in total. The molecule has 1 aliphatic rings. The Bertz CT molecular complexity index is 953. The van der Waals surface area contributed by atoms with Gasteiger partial charge in [0.2, 0.25) is 10.0 Å². The molecule has 0 unspecified atom stereocenters. The van der Waals surface area contributed by atoms with Gasteiger partial charge < -0.3 is 9.64 Å². The molecular formula is C20H23ClN2O4S. The first-order valence-corrected chi connectivity index (χ1v) is 10.8. The van der Waals surface area contributed by atoms with Gasteiger partial charge in [0.25, 0.3) is 5.91 Å². The predicted octanol–water partition coefficient (Wildman–Crippen LogP) is 2.87. The minimum absolute atomic E-state index is 0.0915. The Hall–Kier alpha value is -2.09. The monoisotopic (exact) mass is 422 g/mol. The summed E-state index contributed by atoms with van der Waals surface area (Å²) in [6.45, 7) is 4.90. The molecule has 6 nitrogen and oxygen atoms in total. The molecule has 28 heavy (non-hydrogen) atoms. The molecule has 1 saturated heterocycles. The maximum Gasteiger partial charge on any atom is 0.260 e. The number of nitrogens with zero attached hydrogens (tertiary/aromatic N) is 2. The van der Waals surface area contributed by atoms with Crippen molar-refractivity contribution in [2.75, 3.05) is 32.8 Å². The van der Waals surface area contributed by atoms with Gasteiger partial charge in [0.05, 0.1) is 4.90 Å². The summed E-state index contributed by atoms with van der Waals surface area (Å²) in [6.07, 6.45) is 0. The predicted molar refractivity (Wildman–Crippen MR) is 108 cm³/mol. The van der Waals surface area contributed by atoms with Crippen LogP contribution in [0.15, 0.2) is 47.4 Å². The number of aryl methyl sites for hydroxylation is 2. The Kier molecular flexibility index (Phi) is 6.27. The smallest absolute Gasteiger partial charge is 0.260 e. The fourth-order valence-corrected chi connectivity index (χ4v) is 4.52. The van der Waals surface area contributed by atoms with E-state index in [2.05, 4.69) is 0 Å². The molecule has 0 saturated carbocycles. The van der Waals surface area contributed by atoms with E-state index in [0.717, 1.165) is 11.1 Å². The Balaban J connectivity index is 1.55. The lowest BCUT2D eigenvalue weighted by Crippen LogP contribution is -2.51. The van der Waals surface area contributed by atoms with Crippen molar-refractivity contribution in [3.8, 4) is 5.75 Å². The van der Waals surface area contributed by atoms with Gasteiger partial charge in [-0.25, -0.2) is 8.42 Å². The molecule has 0 bridgehead atoms. The number of halogens is 1. The van der Waals surface area contributed by atoms with Crippen molar-refractivity contribution in [3.05, 3.63) is 58.6 Å². The topological polar surface area (TPSA) is 66.9 Å². The third-order valence-electron chi connectivity index (χ3n) is 4.74. The van der Waals surface area contributed by atoms with Gasteiger partial charge in [-0.1, -0.05) is 29.3 Å². The van der Waals surface area contributed by atoms with Crippen LogP contribution in [0, 0.1) is 13.8 Å². The molecule has 2 aromatic rings. The highest BCUT2D eigenvalue weighted by molar-refractivity contribution is 7.89. The van der Waals surface area contributed by atoms with E-state index in [4.69, 9.17) is 16.3 Å². The van der Waals surface area contributed by atoms with Gasteiger partial charge in [-0.3, -0.25) is 4.79 Å². The van der Waals surface area contributed by atoms with Crippen LogP contribution in [0.2, 0.25) is 5.02 Å². The van der Waals surface area contributed by atoms with Gasteiger partial charge in [0, 0.05) is 31.2 Å². The largest absolute Gasteiger partial charge is 0.484 e. The zero-order valence-corrected chi connectivity index (χ0v) is 17.5. The molecule has 1 amide bonds. The average Bonchev–Trinajstić information content (AvgIpc) is 2.69. The summed E-state index contributed by atoms with van der Waals surface area (Å²) in [5, 5.41) is 0.643. The molecule has 2 aromatic carbocycles. The molecule has 0 aliphatic carbocycles. The number of amides is 1. The standard InChI is InChI=1S/C20H23ClN2O4S/c1-15-3-6-18(7-4-15)28(25,26)23-11-9-22(10-12-23)20(24)14-27-17-5-8-19(21)16(2)13-17/h3-8,13H,9-12,14H2,1-2H3. The van der Waals surface area contributed by atoms with E-state index in [0.29, 0.717) is 23.9 Å². The molecule has 1 fully saturated rings. The van der Waals surface area contributed by atoms with E-state index < -0.39 is 10.0 Å². The van der Waals surface area contributed by atoms with Crippen LogP contribution in [0.25, 0.3) is 0 Å². The van der Waals surface area contributed by atoms with Crippen molar-refractivity contribution in [1.82, 2.24) is 9.21 Å². The summed E-state index contributed by atoms with van der Waals surface area (Å²) in [6, 6.07) is 12.0. The summed E-state index contributed by atoms with van der Waals surface area (Å²) in [7, 11) is -3.54. The summed E-state index contributed by atoms with van der Waals surface area (Å²) < 4.78 is 32.4. The molecule has 0 aromatic heterocycles. The van der Waals surface area contributed by atoms with E-state index in [1.807, 2.05) is 13.8 Å². The molecule has 3 rings (SSSR count). The minimum atomic E-state index is -3.54. The fourth-order valence-electron chi connectivity index (χ4n) is 2.98. The highest BCUT2D eigenvalue weighted by Gasteiger charge is 2.30. The first kappa shape index (κ1) is 20.6. The Labute approximate surface area is 170 Å². The summed E-state index contributed by atoms with van der Waals surface area (Å²) >= 11 is 5.98. The van der Waals surface area contributed by atoms with Gasteiger partial charge in [0.15, 0.2) is 6.61 Å². The summed E-state index contributed by atoms with van der Waals surface area (Å²) in [4.78, 5) is 14.3. The number of ether oxygens (including phenoxy) is 1. The molecule has 1 aliphatic heterocycles. The van der Waals surface area contributed by atoms with E-state index in [9.17, 15) is 13.2 Å². The van der Waals surface area contributed by atoms with E-state index >= 15 is 0 Å². The number of benzene rings is 2. The highest BCUT2D eigenvalue weighted by atomic mass is 35.5. The van der Waals surface area contributed by atoms with Crippen LogP contribution in [0.5, 0.6) is 5.75 Å². The maximum atomic E-state index is 12.7. The Morgan fingerprint density at radius 3 is 2.29 bits per heavy atom. The normalized spacial score (nSPS) is 15.5. The lowest BCUT2D eigenvalue weighted by Gasteiger charge is -2.34. The second kappa shape index (κ2) is 8.51. The van der Waals surface area contributed by atoms with Crippen LogP contribution < -0.4 is 4.74 Å². The van der Waals surface area contributed by atoms with Gasteiger partial charge in [-0.2, -0.15) is 4.31 Å². The van der Waals surface area contributed by atoms with Crippen molar-refractivity contribution in [2.45, 2.75) is 18.7 Å².